The molecule has 10 rings (SSSR count). The third-order valence-electron chi connectivity index (χ3n) is 9.31. The summed E-state index contributed by atoms with van der Waals surface area (Å²) in [4.78, 5) is 5.32. The minimum absolute atomic E-state index is 0.205. The van der Waals surface area contributed by atoms with E-state index >= 15 is 0 Å². The topological polar surface area (TPSA) is 49.6 Å². The lowest BCUT2D eigenvalue weighted by molar-refractivity contribution is 0.411. The first-order valence-corrected chi connectivity index (χ1v) is 16.4. The maximum atomic E-state index is 6.58. The lowest BCUT2D eigenvalue weighted by Crippen LogP contribution is -2.45. The monoisotopic (exact) mass is 609 g/mol. The molecule has 2 unspecified atom stereocenters. The Hall–Kier alpha value is -5.49. The molecule has 9 aromatic rings. The minimum Gasteiger partial charge on any atom is -0.455 e. The number of benzene rings is 7. The second-order valence-corrected chi connectivity index (χ2v) is 13.1. The second-order valence-electron chi connectivity index (χ2n) is 12.0. The summed E-state index contributed by atoms with van der Waals surface area (Å²) < 4.78 is 9.04. The first kappa shape index (κ1) is 25.8. The fourth-order valence-corrected chi connectivity index (χ4v) is 8.30. The summed E-state index contributed by atoms with van der Waals surface area (Å²) in [6.07, 6.45) is -0.456. The fourth-order valence-electron chi connectivity index (χ4n) is 7.05. The smallest absolute Gasteiger partial charge is 0.144 e. The molecule has 0 amide bonds. The van der Waals surface area contributed by atoms with Crippen molar-refractivity contribution in [1.29, 1.82) is 0 Å². The lowest BCUT2D eigenvalue weighted by Gasteiger charge is -2.32. The number of thiophene rings is 1. The third-order valence-corrected chi connectivity index (χ3v) is 10.5. The number of para-hydroxylation sites is 1. The largest absolute Gasteiger partial charge is 0.455 e. The predicted molar refractivity (Wildman–Crippen MR) is 193 cm³/mol. The molecule has 1 aliphatic heterocycles. The molecule has 1 aliphatic rings. The SMILES string of the molecule is c1ccc2cc(C3=NC(c4ccc5ccccc5c4)NC(c4cc5c6ccccc6oc5c5c4sc4ccccc45)N3)ccc2c1. The molecule has 218 valence electrons. The number of aliphatic imine (C=N–C) groups is 1. The van der Waals surface area contributed by atoms with E-state index in [0.717, 1.165) is 38.9 Å². The molecule has 7 aromatic carbocycles. The first-order valence-electron chi connectivity index (χ1n) is 15.6. The number of amidine groups is 1. The summed E-state index contributed by atoms with van der Waals surface area (Å²) >= 11 is 1.82. The van der Waals surface area contributed by atoms with E-state index in [1.165, 1.54) is 47.3 Å². The Bertz CT molecular complexity index is 2680. The number of hydrogen-bond donors (Lipinski definition) is 2. The van der Waals surface area contributed by atoms with Crippen LogP contribution in [0.1, 0.15) is 29.0 Å². The van der Waals surface area contributed by atoms with Gasteiger partial charge >= 0.3 is 0 Å². The molecular weight excluding hydrogens is 583 g/mol. The number of furan rings is 1. The van der Waals surface area contributed by atoms with E-state index in [1.54, 1.807) is 0 Å². The molecule has 0 fully saturated rings. The van der Waals surface area contributed by atoms with Gasteiger partial charge in [-0.15, -0.1) is 11.3 Å². The molecule has 0 spiro atoms. The average Bonchev–Trinajstić information content (AvgIpc) is 3.69. The quantitative estimate of drug-likeness (QED) is 0.210. The Morgan fingerprint density at radius 2 is 1.30 bits per heavy atom. The first-order chi connectivity index (χ1) is 22.8. The Morgan fingerprint density at radius 1 is 0.609 bits per heavy atom. The molecule has 46 heavy (non-hydrogen) atoms. The van der Waals surface area contributed by atoms with E-state index in [4.69, 9.17) is 9.41 Å². The van der Waals surface area contributed by atoms with Crippen molar-refractivity contribution in [2.75, 3.05) is 0 Å². The maximum Gasteiger partial charge on any atom is 0.144 e. The van der Waals surface area contributed by atoms with Crippen molar-refractivity contribution in [2.45, 2.75) is 12.3 Å². The van der Waals surface area contributed by atoms with Gasteiger partial charge in [-0.25, -0.2) is 4.99 Å². The molecule has 2 atom stereocenters. The van der Waals surface area contributed by atoms with E-state index in [9.17, 15) is 0 Å². The molecule has 5 heteroatoms. The fraction of sp³-hybridized carbons (Fsp3) is 0.0488. The van der Waals surface area contributed by atoms with Crippen LogP contribution >= 0.6 is 11.3 Å². The van der Waals surface area contributed by atoms with Gasteiger partial charge in [0.25, 0.3) is 0 Å². The van der Waals surface area contributed by atoms with Crippen molar-refractivity contribution >= 4 is 80.8 Å². The molecule has 0 saturated carbocycles. The highest BCUT2D eigenvalue weighted by Crippen LogP contribution is 2.45. The van der Waals surface area contributed by atoms with Crippen molar-refractivity contribution in [1.82, 2.24) is 10.6 Å². The van der Waals surface area contributed by atoms with Crippen LogP contribution < -0.4 is 10.6 Å². The van der Waals surface area contributed by atoms with Gasteiger partial charge in [-0.05, 0) is 57.4 Å². The van der Waals surface area contributed by atoms with Crippen LogP contribution in [-0.2, 0) is 0 Å². The van der Waals surface area contributed by atoms with Crippen LogP contribution in [0.15, 0.2) is 149 Å². The summed E-state index contributed by atoms with van der Waals surface area (Å²) in [6, 6.07) is 49.6. The van der Waals surface area contributed by atoms with Crippen molar-refractivity contribution in [2.24, 2.45) is 4.99 Å². The average molecular weight is 610 g/mol. The van der Waals surface area contributed by atoms with Gasteiger partial charge in [0.15, 0.2) is 0 Å². The standard InChI is InChI=1S/C41H27N3OS/c1-3-11-26-21-28(19-17-24(26)9-1)39-42-40(29-20-18-25-10-2-4-12-27(25)22-29)44-41(43-39)33-23-32-30-13-5-7-15-34(30)45-37(32)36-31-14-6-8-16-35(31)46-38(33)36/h1-23,39,41,43H,(H,42,44). The van der Waals surface area contributed by atoms with Crippen LogP contribution in [0, 0.1) is 0 Å². The van der Waals surface area contributed by atoms with Crippen LogP contribution in [0.4, 0.5) is 0 Å². The van der Waals surface area contributed by atoms with Gasteiger partial charge in [-0.3, -0.25) is 5.32 Å². The molecular formula is C41H27N3OS. The summed E-state index contributed by atoms with van der Waals surface area (Å²) in [5.74, 6) is 0.874. The zero-order valence-corrected chi connectivity index (χ0v) is 25.5. The van der Waals surface area contributed by atoms with E-state index in [-0.39, 0.29) is 12.3 Å². The summed E-state index contributed by atoms with van der Waals surface area (Å²) in [5.41, 5.74) is 5.24. The zero-order valence-electron chi connectivity index (χ0n) is 24.7. The number of fused-ring (bicyclic) bond motifs is 9. The van der Waals surface area contributed by atoms with Crippen LogP contribution in [0.5, 0.6) is 0 Å². The van der Waals surface area contributed by atoms with Crippen LogP contribution in [-0.4, -0.2) is 5.84 Å². The number of nitrogens with one attached hydrogen (secondary N) is 2. The highest BCUT2D eigenvalue weighted by molar-refractivity contribution is 7.26. The van der Waals surface area contributed by atoms with E-state index < -0.39 is 0 Å². The van der Waals surface area contributed by atoms with Gasteiger partial charge in [0, 0.05) is 42.1 Å². The Morgan fingerprint density at radius 3 is 2.15 bits per heavy atom. The van der Waals surface area contributed by atoms with Gasteiger partial charge in [0.1, 0.15) is 29.3 Å². The van der Waals surface area contributed by atoms with Gasteiger partial charge in [0.2, 0.25) is 0 Å². The Labute approximate surface area is 268 Å². The summed E-state index contributed by atoms with van der Waals surface area (Å²) in [7, 11) is 0. The maximum absolute atomic E-state index is 6.58. The van der Waals surface area contributed by atoms with Crippen molar-refractivity contribution in [3.63, 3.8) is 0 Å². The van der Waals surface area contributed by atoms with Crippen LogP contribution in [0.3, 0.4) is 0 Å². The molecule has 0 radical (unpaired) electrons. The van der Waals surface area contributed by atoms with E-state index in [2.05, 4.69) is 144 Å². The minimum atomic E-state index is -0.251. The highest BCUT2D eigenvalue weighted by atomic mass is 32.1. The van der Waals surface area contributed by atoms with Crippen molar-refractivity contribution < 1.29 is 4.42 Å². The van der Waals surface area contributed by atoms with Crippen LogP contribution in [0.25, 0.3) is 63.7 Å². The van der Waals surface area contributed by atoms with Gasteiger partial charge in [-0.1, -0.05) is 109 Å². The predicted octanol–water partition coefficient (Wildman–Crippen LogP) is 10.6. The number of nitrogens with zero attached hydrogens (tertiary/aromatic N) is 1. The molecule has 0 aliphatic carbocycles. The molecule has 2 N–H and O–H groups in total. The number of hydrogen-bond acceptors (Lipinski definition) is 5. The zero-order chi connectivity index (χ0) is 30.2. The van der Waals surface area contributed by atoms with E-state index in [0.29, 0.717) is 0 Å². The third kappa shape index (κ3) is 3.99. The molecule has 2 aromatic heterocycles. The molecule has 3 heterocycles. The lowest BCUT2D eigenvalue weighted by atomic mass is 10.00. The molecule has 4 nitrogen and oxygen atoms in total. The van der Waals surface area contributed by atoms with Crippen molar-refractivity contribution in [3.8, 4) is 0 Å². The molecule has 0 saturated heterocycles. The van der Waals surface area contributed by atoms with Gasteiger partial charge < -0.3 is 9.73 Å². The van der Waals surface area contributed by atoms with Gasteiger partial charge in [0.05, 0.1) is 0 Å². The van der Waals surface area contributed by atoms with E-state index in [1.807, 2.05) is 17.4 Å². The second kappa shape index (κ2) is 10.0. The summed E-state index contributed by atoms with van der Waals surface area (Å²) in [6.45, 7) is 0. The normalized spacial score (nSPS) is 16.9. The van der Waals surface area contributed by atoms with Gasteiger partial charge in [-0.2, -0.15) is 0 Å². The Kier molecular flexibility index (Phi) is 5.61. The van der Waals surface area contributed by atoms with Crippen molar-refractivity contribution in [3.05, 3.63) is 156 Å². The Balaban J connectivity index is 1.21. The molecule has 0 bridgehead atoms. The highest BCUT2D eigenvalue weighted by Gasteiger charge is 2.29. The van der Waals surface area contributed by atoms with Crippen LogP contribution in [0.2, 0.25) is 0 Å². The summed E-state index contributed by atoms with van der Waals surface area (Å²) in [5, 5.41) is 17.2. The number of rotatable bonds is 3.